The van der Waals surface area contributed by atoms with Crippen molar-refractivity contribution in [2.24, 2.45) is 47.3 Å². The zero-order chi connectivity index (χ0) is 46.1. The number of esters is 2. The Morgan fingerprint density at radius 1 is 0.523 bits per heavy atom. The van der Waals surface area contributed by atoms with E-state index in [1.54, 1.807) is 24.3 Å². The highest BCUT2D eigenvalue weighted by atomic mass is 79.9. The van der Waals surface area contributed by atoms with Crippen molar-refractivity contribution in [2.75, 3.05) is 54.4 Å². The lowest BCUT2D eigenvalue weighted by molar-refractivity contribution is -0.147. The number of fused-ring (bicyclic) bond motifs is 6. The summed E-state index contributed by atoms with van der Waals surface area (Å²) in [4.78, 5) is 89.4. The van der Waals surface area contributed by atoms with Crippen LogP contribution in [0.15, 0.2) is 81.7 Å². The fraction of sp³-hybridized carbons (Fsp3) is 0.480. The largest absolute Gasteiger partial charge is 0.458 e. The van der Waals surface area contributed by atoms with E-state index in [9.17, 15) is 28.8 Å². The second kappa shape index (κ2) is 20.0. The Morgan fingerprint density at radius 2 is 0.908 bits per heavy atom. The summed E-state index contributed by atoms with van der Waals surface area (Å²) < 4.78 is 14.1. The van der Waals surface area contributed by atoms with Crippen LogP contribution in [0.25, 0.3) is 21.5 Å². The molecule has 3 N–H and O–H groups in total. The third-order valence-electron chi connectivity index (χ3n) is 14.2. The van der Waals surface area contributed by atoms with Gasteiger partial charge in [-0.05, 0) is 137 Å². The van der Waals surface area contributed by atoms with Crippen molar-refractivity contribution in [3.63, 3.8) is 0 Å². The number of hydrogen-bond donors (Lipinski definition) is 3. The van der Waals surface area contributed by atoms with E-state index in [2.05, 4.69) is 47.8 Å². The van der Waals surface area contributed by atoms with E-state index in [-0.39, 0.29) is 23.7 Å². The van der Waals surface area contributed by atoms with Crippen molar-refractivity contribution in [3.05, 3.63) is 92.9 Å². The van der Waals surface area contributed by atoms with Crippen LogP contribution in [0.5, 0.6) is 0 Å². The SMILES string of the molecule is CN(C)CCCNC(=O)C1C2CC(OC(=O)c3cccc4c(Br)cccc34)C(C2)C1C(=O)NC(=O)C1C2CC(CC2OC(=O)c2cccc3c(Br)cccc23)C1C(=O)NCCCN(C)C. The number of hydrogen-bond acceptors (Lipinski definition) is 10. The number of carbonyl (C=O) groups is 6. The molecule has 0 saturated heterocycles. The number of amides is 4. The number of nitrogens with zero attached hydrogens (tertiary/aromatic N) is 2. The summed E-state index contributed by atoms with van der Waals surface area (Å²) in [5, 5.41) is 11.9. The molecule has 65 heavy (non-hydrogen) atoms. The van der Waals surface area contributed by atoms with Gasteiger partial charge < -0.3 is 29.9 Å². The molecular formula is C50H57Br2N5O8. The lowest BCUT2D eigenvalue weighted by Crippen LogP contribution is -2.53. The fourth-order valence-electron chi connectivity index (χ4n) is 11.4. The average molecular weight is 1020 g/mol. The van der Waals surface area contributed by atoms with Gasteiger partial charge in [0.1, 0.15) is 12.2 Å². The van der Waals surface area contributed by atoms with E-state index >= 15 is 0 Å². The average Bonchev–Trinajstić information content (AvgIpc) is 4.06. The fourth-order valence-corrected chi connectivity index (χ4v) is 12.4. The lowest BCUT2D eigenvalue weighted by atomic mass is 9.75. The molecule has 4 aliphatic carbocycles. The highest BCUT2D eigenvalue weighted by molar-refractivity contribution is 9.11. The molecule has 0 spiro atoms. The molecule has 4 saturated carbocycles. The molecule has 10 unspecified atom stereocenters. The van der Waals surface area contributed by atoms with Crippen molar-refractivity contribution in [1.82, 2.24) is 25.8 Å². The molecule has 344 valence electrons. The first kappa shape index (κ1) is 46.8. The molecule has 4 bridgehead atoms. The van der Waals surface area contributed by atoms with E-state index < -0.39 is 71.5 Å². The van der Waals surface area contributed by atoms with Crippen molar-refractivity contribution < 1.29 is 38.2 Å². The Morgan fingerprint density at radius 3 is 1.31 bits per heavy atom. The summed E-state index contributed by atoms with van der Waals surface area (Å²) in [6.45, 7) is 2.37. The van der Waals surface area contributed by atoms with Crippen LogP contribution in [0.2, 0.25) is 0 Å². The van der Waals surface area contributed by atoms with Gasteiger partial charge in [0.2, 0.25) is 23.6 Å². The first-order valence-corrected chi connectivity index (χ1v) is 24.3. The second-order valence-electron chi connectivity index (χ2n) is 18.8. The number of halogens is 2. The highest BCUT2D eigenvalue weighted by Crippen LogP contribution is 2.56. The van der Waals surface area contributed by atoms with Gasteiger partial charge in [0.15, 0.2) is 0 Å². The molecule has 10 atom stereocenters. The van der Waals surface area contributed by atoms with Crippen LogP contribution in [0.4, 0.5) is 0 Å². The Bertz CT molecular complexity index is 2330. The molecule has 4 aliphatic rings. The molecule has 8 rings (SSSR count). The summed E-state index contributed by atoms with van der Waals surface area (Å²) in [7, 11) is 7.83. The minimum atomic E-state index is -0.970. The maximum absolute atomic E-state index is 14.7. The second-order valence-corrected chi connectivity index (χ2v) is 20.5. The summed E-state index contributed by atoms with van der Waals surface area (Å²) in [6.07, 6.45) is 1.83. The van der Waals surface area contributed by atoms with Gasteiger partial charge in [0.05, 0.1) is 34.8 Å². The third kappa shape index (κ3) is 9.75. The summed E-state index contributed by atoms with van der Waals surface area (Å²) in [6, 6.07) is 22.1. The van der Waals surface area contributed by atoms with Crippen LogP contribution in [-0.4, -0.2) is 112 Å². The predicted molar refractivity (Wildman–Crippen MR) is 254 cm³/mol. The van der Waals surface area contributed by atoms with Crippen LogP contribution < -0.4 is 16.0 Å². The predicted octanol–water partition coefficient (Wildman–Crippen LogP) is 6.59. The van der Waals surface area contributed by atoms with E-state index in [4.69, 9.17) is 9.47 Å². The van der Waals surface area contributed by atoms with E-state index in [0.717, 1.165) is 43.6 Å². The molecule has 0 radical (unpaired) electrons. The van der Waals surface area contributed by atoms with E-state index in [1.807, 2.05) is 86.5 Å². The quantitative estimate of drug-likeness (QED) is 0.0634. The Kier molecular flexibility index (Phi) is 14.4. The van der Waals surface area contributed by atoms with Crippen molar-refractivity contribution in [2.45, 2.75) is 50.7 Å². The third-order valence-corrected chi connectivity index (χ3v) is 15.6. The topological polar surface area (TPSA) is 163 Å². The zero-order valence-corrected chi connectivity index (χ0v) is 40.4. The van der Waals surface area contributed by atoms with Crippen LogP contribution in [-0.2, 0) is 28.7 Å². The highest BCUT2D eigenvalue weighted by Gasteiger charge is 2.62. The van der Waals surface area contributed by atoms with Crippen LogP contribution >= 0.6 is 31.9 Å². The number of rotatable bonds is 16. The number of nitrogens with one attached hydrogen (secondary N) is 3. The maximum Gasteiger partial charge on any atom is 0.339 e. The molecule has 0 aliphatic heterocycles. The Balaban J connectivity index is 1.04. The Hall–Kier alpha value is -4.70. The van der Waals surface area contributed by atoms with Gasteiger partial charge in [-0.1, -0.05) is 80.4 Å². The first-order chi connectivity index (χ1) is 31.2. The van der Waals surface area contributed by atoms with Gasteiger partial charge in [0, 0.05) is 33.9 Å². The van der Waals surface area contributed by atoms with Gasteiger partial charge in [0.25, 0.3) is 0 Å². The molecule has 4 fully saturated rings. The van der Waals surface area contributed by atoms with Crippen molar-refractivity contribution in [3.8, 4) is 0 Å². The number of ether oxygens (including phenoxy) is 2. The number of imide groups is 1. The van der Waals surface area contributed by atoms with E-state index in [1.165, 1.54) is 0 Å². The minimum Gasteiger partial charge on any atom is -0.458 e. The van der Waals surface area contributed by atoms with Crippen LogP contribution in [0.3, 0.4) is 0 Å². The number of carbonyl (C=O) groups excluding carboxylic acids is 6. The Labute approximate surface area is 396 Å². The van der Waals surface area contributed by atoms with Crippen LogP contribution in [0.1, 0.15) is 59.2 Å². The van der Waals surface area contributed by atoms with E-state index in [0.29, 0.717) is 62.7 Å². The summed E-state index contributed by atoms with van der Waals surface area (Å²) in [5.41, 5.74) is 0.785. The smallest absolute Gasteiger partial charge is 0.339 e. The first-order valence-electron chi connectivity index (χ1n) is 22.7. The molecule has 4 aromatic carbocycles. The minimum absolute atomic E-state index is 0.263. The molecule has 4 amide bonds. The lowest BCUT2D eigenvalue weighted by Gasteiger charge is -2.36. The maximum atomic E-state index is 14.7. The van der Waals surface area contributed by atoms with Gasteiger partial charge in [-0.3, -0.25) is 24.5 Å². The van der Waals surface area contributed by atoms with Crippen molar-refractivity contribution in [1.29, 1.82) is 0 Å². The van der Waals surface area contributed by atoms with Crippen LogP contribution in [0, 0.1) is 47.3 Å². The van der Waals surface area contributed by atoms with Gasteiger partial charge in [-0.25, -0.2) is 9.59 Å². The zero-order valence-electron chi connectivity index (χ0n) is 37.2. The molecule has 13 nitrogen and oxygen atoms in total. The molecule has 15 heteroatoms. The normalized spacial score (nSPS) is 26.5. The molecule has 0 heterocycles. The summed E-state index contributed by atoms with van der Waals surface area (Å²) in [5.74, 6) is -7.86. The number of benzene rings is 4. The molecule has 0 aromatic heterocycles. The van der Waals surface area contributed by atoms with Gasteiger partial charge in [-0.15, -0.1) is 0 Å². The summed E-state index contributed by atoms with van der Waals surface area (Å²) >= 11 is 7.15. The van der Waals surface area contributed by atoms with Crippen molar-refractivity contribution >= 4 is 89.0 Å². The molecular weight excluding hydrogens is 958 g/mol. The molecule has 4 aromatic rings. The standard InChI is InChI=1S/C50H57Br2N5O8/c1-56(2)21-9-19-53-45(58)41-27-23-35(39(25-27)64-49(62)33-15-5-13-31-29(33)11-7-17-37(31)51)43(41)47(60)55-48(61)44-36-24-28(42(44)46(59)54-20-10-22-57(3)4)26-40(36)65-50(63)34-16-6-14-32-30(34)12-8-18-38(32)52/h5-8,11-18,27-28,35-36,39-44H,9-10,19-26H2,1-4H3,(H,53,58)(H,54,59)(H,55,60,61). The monoisotopic (exact) mass is 1010 g/mol. The van der Waals surface area contributed by atoms with Gasteiger partial charge in [-0.2, -0.15) is 0 Å². The van der Waals surface area contributed by atoms with Gasteiger partial charge >= 0.3 is 11.9 Å².